The quantitative estimate of drug-likeness (QED) is 0.879. The van der Waals surface area contributed by atoms with E-state index in [0.29, 0.717) is 12.0 Å². The second-order valence-electron chi connectivity index (χ2n) is 6.07. The molecule has 2 rings (SSSR count). The van der Waals surface area contributed by atoms with Gasteiger partial charge in [-0.05, 0) is 37.7 Å². The molecule has 1 aromatic rings. The Labute approximate surface area is 117 Å². The molecule has 1 aromatic heterocycles. The van der Waals surface area contributed by atoms with Gasteiger partial charge in [0.1, 0.15) is 5.82 Å². The Bertz CT molecular complexity index is 381. The lowest BCUT2D eigenvalue weighted by molar-refractivity contribution is 0.311. The van der Waals surface area contributed by atoms with Crippen LogP contribution in [-0.2, 0) is 6.54 Å². The zero-order valence-electron chi connectivity index (χ0n) is 12.5. The third kappa shape index (κ3) is 4.27. The van der Waals surface area contributed by atoms with Crippen LogP contribution in [0.15, 0.2) is 12.3 Å². The van der Waals surface area contributed by atoms with Gasteiger partial charge in [0.2, 0.25) is 0 Å². The molecule has 0 saturated heterocycles. The normalized spacial score (nSPS) is 23.8. The number of nitrogens with one attached hydrogen (secondary N) is 1. The van der Waals surface area contributed by atoms with E-state index in [2.05, 4.69) is 31.1 Å². The van der Waals surface area contributed by atoms with Crippen LogP contribution in [-0.4, -0.2) is 16.0 Å². The van der Waals surface area contributed by atoms with Crippen LogP contribution < -0.4 is 5.32 Å². The lowest BCUT2D eigenvalue weighted by Crippen LogP contribution is -2.23. The van der Waals surface area contributed by atoms with Crippen molar-refractivity contribution in [1.29, 1.82) is 0 Å². The van der Waals surface area contributed by atoms with Crippen molar-refractivity contribution < 1.29 is 0 Å². The molecule has 1 aliphatic rings. The number of nitrogens with zero attached hydrogens (tertiary/aromatic N) is 2. The van der Waals surface area contributed by atoms with Gasteiger partial charge < -0.3 is 5.32 Å². The zero-order chi connectivity index (χ0) is 13.7. The Morgan fingerprint density at radius 1 is 1.26 bits per heavy atom. The van der Waals surface area contributed by atoms with E-state index in [1.165, 1.54) is 32.1 Å². The number of hydrogen-bond donors (Lipinski definition) is 1. The summed E-state index contributed by atoms with van der Waals surface area (Å²) in [5, 5.41) is 3.42. The van der Waals surface area contributed by atoms with Gasteiger partial charge in [-0.3, -0.25) is 0 Å². The number of rotatable bonds is 5. The van der Waals surface area contributed by atoms with E-state index in [4.69, 9.17) is 4.98 Å². The van der Waals surface area contributed by atoms with Crippen molar-refractivity contribution in [2.24, 2.45) is 5.92 Å². The fraction of sp³-hybridized carbons (Fsp3) is 0.750. The van der Waals surface area contributed by atoms with E-state index in [9.17, 15) is 0 Å². The summed E-state index contributed by atoms with van der Waals surface area (Å²) >= 11 is 0. The highest BCUT2D eigenvalue weighted by Crippen LogP contribution is 2.35. The number of hydrogen-bond acceptors (Lipinski definition) is 3. The summed E-state index contributed by atoms with van der Waals surface area (Å²) in [6.45, 7) is 7.47. The standard InChI is InChI=1S/C16H27N3/c1-4-13-5-7-14(8-6-13)16-17-10-9-15(19-16)11-18-12(2)3/h9-10,12-14,18H,4-8,11H2,1-3H3. The molecule has 0 aliphatic heterocycles. The van der Waals surface area contributed by atoms with E-state index in [-0.39, 0.29) is 0 Å². The minimum absolute atomic E-state index is 0.499. The number of aromatic nitrogens is 2. The van der Waals surface area contributed by atoms with E-state index in [1.807, 2.05) is 12.3 Å². The van der Waals surface area contributed by atoms with Crippen LogP contribution in [0.1, 0.15) is 70.3 Å². The Balaban J connectivity index is 1.95. The van der Waals surface area contributed by atoms with Crippen LogP contribution in [0.5, 0.6) is 0 Å². The average molecular weight is 261 g/mol. The van der Waals surface area contributed by atoms with Crippen molar-refractivity contribution in [3.05, 3.63) is 23.8 Å². The van der Waals surface area contributed by atoms with Gasteiger partial charge in [-0.2, -0.15) is 0 Å². The highest BCUT2D eigenvalue weighted by Gasteiger charge is 2.23. The van der Waals surface area contributed by atoms with Gasteiger partial charge in [0.25, 0.3) is 0 Å². The maximum Gasteiger partial charge on any atom is 0.131 e. The molecular formula is C16H27N3. The molecule has 3 nitrogen and oxygen atoms in total. The van der Waals surface area contributed by atoms with Crippen molar-refractivity contribution in [3.63, 3.8) is 0 Å². The molecular weight excluding hydrogens is 234 g/mol. The fourth-order valence-corrected chi connectivity index (χ4v) is 2.85. The summed E-state index contributed by atoms with van der Waals surface area (Å²) in [7, 11) is 0. The van der Waals surface area contributed by atoms with Gasteiger partial charge in [-0.15, -0.1) is 0 Å². The van der Waals surface area contributed by atoms with Crippen LogP contribution >= 0.6 is 0 Å². The maximum atomic E-state index is 4.75. The smallest absolute Gasteiger partial charge is 0.131 e. The van der Waals surface area contributed by atoms with Gasteiger partial charge in [0.15, 0.2) is 0 Å². The molecule has 19 heavy (non-hydrogen) atoms. The lowest BCUT2D eigenvalue weighted by Gasteiger charge is -2.26. The van der Waals surface area contributed by atoms with Crippen LogP contribution in [0.25, 0.3) is 0 Å². The van der Waals surface area contributed by atoms with Gasteiger partial charge in [0.05, 0.1) is 5.69 Å². The van der Waals surface area contributed by atoms with Crippen molar-refractivity contribution in [2.75, 3.05) is 0 Å². The molecule has 106 valence electrons. The topological polar surface area (TPSA) is 37.8 Å². The van der Waals surface area contributed by atoms with Gasteiger partial charge >= 0.3 is 0 Å². The van der Waals surface area contributed by atoms with Crippen molar-refractivity contribution in [1.82, 2.24) is 15.3 Å². The summed E-state index contributed by atoms with van der Waals surface area (Å²) in [6.07, 6.45) is 8.47. The molecule has 0 aromatic carbocycles. The molecule has 3 heteroatoms. The predicted octanol–water partition coefficient (Wildman–Crippen LogP) is 3.66. The summed E-state index contributed by atoms with van der Waals surface area (Å²) < 4.78 is 0. The van der Waals surface area contributed by atoms with Crippen LogP contribution in [0, 0.1) is 5.92 Å². The Kier molecular flexibility index (Phi) is 5.32. The molecule has 1 N–H and O–H groups in total. The zero-order valence-corrected chi connectivity index (χ0v) is 12.5. The van der Waals surface area contributed by atoms with Crippen molar-refractivity contribution in [2.45, 2.75) is 71.4 Å². The lowest BCUT2D eigenvalue weighted by atomic mass is 9.80. The van der Waals surface area contributed by atoms with Gasteiger partial charge in [0, 0.05) is 24.7 Å². The first-order valence-electron chi connectivity index (χ1n) is 7.74. The largest absolute Gasteiger partial charge is 0.309 e. The van der Waals surface area contributed by atoms with E-state index in [0.717, 1.165) is 24.0 Å². The second-order valence-corrected chi connectivity index (χ2v) is 6.07. The molecule has 1 saturated carbocycles. The summed E-state index contributed by atoms with van der Waals surface area (Å²) in [4.78, 5) is 9.25. The van der Waals surface area contributed by atoms with Crippen molar-refractivity contribution >= 4 is 0 Å². The third-order valence-electron chi connectivity index (χ3n) is 4.21. The molecule has 0 bridgehead atoms. The highest BCUT2D eigenvalue weighted by molar-refractivity contribution is 5.06. The van der Waals surface area contributed by atoms with E-state index < -0.39 is 0 Å². The minimum Gasteiger partial charge on any atom is -0.309 e. The summed E-state index contributed by atoms with van der Waals surface area (Å²) in [6, 6.07) is 2.52. The Morgan fingerprint density at radius 2 is 2.00 bits per heavy atom. The first-order valence-corrected chi connectivity index (χ1v) is 7.74. The van der Waals surface area contributed by atoms with Crippen LogP contribution in [0.3, 0.4) is 0 Å². The van der Waals surface area contributed by atoms with Crippen molar-refractivity contribution in [3.8, 4) is 0 Å². The van der Waals surface area contributed by atoms with Gasteiger partial charge in [-0.1, -0.05) is 27.2 Å². The summed E-state index contributed by atoms with van der Waals surface area (Å²) in [5.41, 5.74) is 1.12. The molecule has 0 atom stereocenters. The molecule has 0 spiro atoms. The first kappa shape index (κ1) is 14.4. The Hall–Kier alpha value is -0.960. The maximum absolute atomic E-state index is 4.75. The van der Waals surface area contributed by atoms with E-state index in [1.54, 1.807) is 0 Å². The fourth-order valence-electron chi connectivity index (χ4n) is 2.85. The molecule has 0 amide bonds. The SMILES string of the molecule is CCC1CCC(c2nccc(CNC(C)C)n2)CC1. The molecule has 0 radical (unpaired) electrons. The summed E-state index contributed by atoms with van der Waals surface area (Å²) in [5.74, 6) is 2.58. The highest BCUT2D eigenvalue weighted by atomic mass is 14.9. The third-order valence-corrected chi connectivity index (χ3v) is 4.21. The van der Waals surface area contributed by atoms with Crippen LogP contribution in [0.4, 0.5) is 0 Å². The predicted molar refractivity (Wildman–Crippen MR) is 79.0 cm³/mol. The average Bonchev–Trinajstić information content (AvgIpc) is 2.45. The van der Waals surface area contributed by atoms with Gasteiger partial charge in [-0.25, -0.2) is 9.97 Å². The molecule has 1 heterocycles. The molecule has 1 fully saturated rings. The molecule has 0 unspecified atom stereocenters. The second kappa shape index (κ2) is 6.99. The Morgan fingerprint density at radius 3 is 2.63 bits per heavy atom. The van der Waals surface area contributed by atoms with Crippen LogP contribution in [0.2, 0.25) is 0 Å². The first-order chi connectivity index (χ1) is 9.19. The van der Waals surface area contributed by atoms with E-state index >= 15 is 0 Å². The molecule has 1 aliphatic carbocycles. The monoisotopic (exact) mass is 261 g/mol. The minimum atomic E-state index is 0.499.